The number of aromatic nitrogens is 4. The van der Waals surface area contributed by atoms with Crippen LogP contribution in [0.3, 0.4) is 0 Å². The third kappa shape index (κ3) is 4.61. The Balaban J connectivity index is 1.46. The standard InChI is InChI=1S/C25H35N7O2/c1-33-20-9-5-6-16(22(20)34-2)14-27-23-21-24(32(15-28-21)19-7-3-4-8-19)31-25(30-23)29-18-12-10-17(26)11-13-18/h5-6,9,15,17-19H,3-4,7-8,10-14,26H2,1-2H3,(H2,27,29,30,31)/t17-,18-. The first-order valence-corrected chi connectivity index (χ1v) is 12.4. The molecule has 34 heavy (non-hydrogen) atoms. The first kappa shape index (κ1) is 22.7. The summed E-state index contributed by atoms with van der Waals surface area (Å²) < 4.78 is 13.3. The zero-order chi connectivity index (χ0) is 23.5. The maximum absolute atomic E-state index is 6.10. The lowest BCUT2D eigenvalue weighted by Crippen LogP contribution is -2.33. The Morgan fingerprint density at radius 2 is 1.82 bits per heavy atom. The average Bonchev–Trinajstić information content (AvgIpc) is 3.53. The van der Waals surface area contributed by atoms with E-state index >= 15 is 0 Å². The number of nitrogens with one attached hydrogen (secondary N) is 2. The molecule has 0 atom stereocenters. The van der Waals surface area contributed by atoms with Crippen molar-refractivity contribution in [3.63, 3.8) is 0 Å². The highest BCUT2D eigenvalue weighted by atomic mass is 16.5. The van der Waals surface area contributed by atoms with Crippen LogP contribution in [0.2, 0.25) is 0 Å². The van der Waals surface area contributed by atoms with Crippen molar-refractivity contribution >= 4 is 22.9 Å². The van der Waals surface area contributed by atoms with Crippen molar-refractivity contribution in [2.45, 2.75) is 76.0 Å². The molecule has 2 aromatic heterocycles. The van der Waals surface area contributed by atoms with Crippen LogP contribution in [0.15, 0.2) is 24.5 Å². The summed E-state index contributed by atoms with van der Waals surface area (Å²) in [6, 6.07) is 6.98. The Hall–Kier alpha value is -3.07. The van der Waals surface area contributed by atoms with Crippen molar-refractivity contribution in [3.8, 4) is 11.5 Å². The van der Waals surface area contributed by atoms with E-state index in [0.717, 1.165) is 54.0 Å². The van der Waals surface area contributed by atoms with Crippen molar-refractivity contribution in [2.75, 3.05) is 24.9 Å². The van der Waals surface area contributed by atoms with Gasteiger partial charge < -0.3 is 30.4 Å². The lowest BCUT2D eigenvalue weighted by molar-refractivity contribution is 0.352. The molecule has 1 aromatic carbocycles. The van der Waals surface area contributed by atoms with E-state index in [0.29, 0.717) is 36.4 Å². The number of nitrogens with two attached hydrogens (primary N) is 1. The molecule has 0 saturated heterocycles. The SMILES string of the molecule is COc1cccc(CNc2nc(N[C@H]3CC[C@H](N)CC3)nc3c2ncn3C2CCCC2)c1OC. The van der Waals surface area contributed by atoms with E-state index < -0.39 is 0 Å². The predicted molar refractivity (Wildman–Crippen MR) is 134 cm³/mol. The number of methoxy groups -OCH3 is 2. The van der Waals surface area contributed by atoms with Gasteiger partial charge in [-0.3, -0.25) is 0 Å². The highest BCUT2D eigenvalue weighted by Gasteiger charge is 2.24. The quantitative estimate of drug-likeness (QED) is 0.453. The molecule has 0 radical (unpaired) electrons. The summed E-state index contributed by atoms with van der Waals surface area (Å²) in [6.07, 6.45) is 10.9. The van der Waals surface area contributed by atoms with Crippen LogP contribution in [-0.4, -0.2) is 45.8 Å². The van der Waals surface area contributed by atoms with Crippen LogP contribution in [0, 0.1) is 0 Å². The molecular formula is C25H35N7O2. The molecule has 182 valence electrons. The van der Waals surface area contributed by atoms with Gasteiger partial charge in [0.25, 0.3) is 0 Å². The van der Waals surface area contributed by atoms with Crippen LogP contribution >= 0.6 is 0 Å². The molecule has 9 heteroatoms. The molecular weight excluding hydrogens is 430 g/mol. The van der Waals surface area contributed by atoms with Crippen molar-refractivity contribution in [2.24, 2.45) is 5.73 Å². The number of imidazole rings is 1. The predicted octanol–water partition coefficient (Wildman–Crippen LogP) is 4.25. The zero-order valence-electron chi connectivity index (χ0n) is 20.1. The number of para-hydroxylation sites is 1. The van der Waals surface area contributed by atoms with E-state index in [1.54, 1.807) is 14.2 Å². The van der Waals surface area contributed by atoms with Gasteiger partial charge in [0.2, 0.25) is 5.95 Å². The number of nitrogens with zero attached hydrogens (tertiary/aromatic N) is 4. The Bertz CT molecular complexity index is 1120. The monoisotopic (exact) mass is 465 g/mol. The van der Waals surface area contributed by atoms with Gasteiger partial charge in [-0.05, 0) is 44.6 Å². The fourth-order valence-electron chi connectivity index (χ4n) is 5.27. The molecule has 2 saturated carbocycles. The summed E-state index contributed by atoms with van der Waals surface area (Å²) in [5.74, 6) is 2.80. The maximum Gasteiger partial charge on any atom is 0.227 e. The van der Waals surface area contributed by atoms with Gasteiger partial charge in [-0.15, -0.1) is 0 Å². The average molecular weight is 466 g/mol. The molecule has 0 aliphatic heterocycles. The molecule has 2 aliphatic carbocycles. The summed E-state index contributed by atoms with van der Waals surface area (Å²) >= 11 is 0. The summed E-state index contributed by atoms with van der Waals surface area (Å²) in [4.78, 5) is 14.5. The van der Waals surface area contributed by atoms with E-state index in [-0.39, 0.29) is 0 Å². The normalized spacial score (nSPS) is 21.0. The van der Waals surface area contributed by atoms with Crippen molar-refractivity contribution in [1.29, 1.82) is 0 Å². The minimum absolute atomic E-state index is 0.306. The highest BCUT2D eigenvalue weighted by molar-refractivity contribution is 5.84. The fourth-order valence-corrected chi connectivity index (χ4v) is 5.27. The number of hydrogen-bond acceptors (Lipinski definition) is 8. The minimum Gasteiger partial charge on any atom is -0.493 e. The third-order valence-corrected chi connectivity index (χ3v) is 7.18. The first-order chi connectivity index (χ1) is 16.7. The fraction of sp³-hybridized carbons (Fsp3) is 0.560. The largest absolute Gasteiger partial charge is 0.493 e. The Morgan fingerprint density at radius 1 is 1.03 bits per heavy atom. The Kier molecular flexibility index (Phi) is 6.71. The Labute approximate surface area is 200 Å². The van der Waals surface area contributed by atoms with Crippen molar-refractivity contribution in [3.05, 3.63) is 30.1 Å². The minimum atomic E-state index is 0.306. The van der Waals surface area contributed by atoms with Gasteiger partial charge in [-0.1, -0.05) is 25.0 Å². The molecule has 0 amide bonds. The van der Waals surface area contributed by atoms with E-state index in [4.69, 9.17) is 30.2 Å². The second-order valence-electron chi connectivity index (χ2n) is 9.42. The number of fused-ring (bicyclic) bond motifs is 1. The highest BCUT2D eigenvalue weighted by Crippen LogP contribution is 2.34. The number of rotatable bonds is 8. The smallest absolute Gasteiger partial charge is 0.227 e. The third-order valence-electron chi connectivity index (χ3n) is 7.18. The van der Waals surface area contributed by atoms with Crippen LogP contribution in [0.5, 0.6) is 11.5 Å². The maximum atomic E-state index is 6.10. The summed E-state index contributed by atoms with van der Waals surface area (Å²) in [6.45, 7) is 0.528. The van der Waals surface area contributed by atoms with Crippen molar-refractivity contribution < 1.29 is 9.47 Å². The van der Waals surface area contributed by atoms with Gasteiger partial charge in [-0.25, -0.2) is 4.98 Å². The molecule has 9 nitrogen and oxygen atoms in total. The summed E-state index contributed by atoms with van der Waals surface area (Å²) in [5.41, 5.74) is 8.77. The van der Waals surface area contributed by atoms with Crippen molar-refractivity contribution in [1.82, 2.24) is 19.5 Å². The van der Waals surface area contributed by atoms with Crippen LogP contribution in [0.25, 0.3) is 11.2 Å². The van der Waals surface area contributed by atoms with E-state index in [9.17, 15) is 0 Å². The lowest BCUT2D eigenvalue weighted by atomic mass is 9.92. The van der Waals surface area contributed by atoms with Gasteiger partial charge >= 0.3 is 0 Å². The summed E-state index contributed by atoms with van der Waals surface area (Å²) in [5, 5.41) is 7.07. The van der Waals surface area contributed by atoms with Gasteiger partial charge in [0.05, 0.1) is 20.5 Å². The van der Waals surface area contributed by atoms with E-state index in [2.05, 4.69) is 15.2 Å². The molecule has 3 aromatic rings. The first-order valence-electron chi connectivity index (χ1n) is 12.4. The molecule has 4 N–H and O–H groups in total. The molecule has 0 unspecified atom stereocenters. The number of anilines is 2. The summed E-state index contributed by atoms with van der Waals surface area (Å²) in [7, 11) is 3.31. The van der Waals surface area contributed by atoms with Crippen LogP contribution in [-0.2, 0) is 6.54 Å². The van der Waals surface area contributed by atoms with Gasteiger partial charge in [0, 0.05) is 30.2 Å². The molecule has 0 spiro atoms. The van der Waals surface area contributed by atoms with Gasteiger partial charge in [-0.2, -0.15) is 9.97 Å². The molecule has 2 heterocycles. The van der Waals surface area contributed by atoms with Crippen LogP contribution in [0.1, 0.15) is 63.0 Å². The topological polar surface area (TPSA) is 112 Å². The molecule has 2 aliphatic rings. The zero-order valence-corrected chi connectivity index (χ0v) is 20.1. The number of hydrogen-bond donors (Lipinski definition) is 3. The lowest BCUT2D eigenvalue weighted by Gasteiger charge is -2.27. The molecule has 5 rings (SSSR count). The van der Waals surface area contributed by atoms with Gasteiger partial charge in [0.1, 0.15) is 0 Å². The van der Waals surface area contributed by atoms with Gasteiger partial charge in [0.15, 0.2) is 28.5 Å². The second kappa shape index (κ2) is 10.0. The van der Waals surface area contributed by atoms with E-state index in [1.807, 2.05) is 24.5 Å². The Morgan fingerprint density at radius 3 is 2.56 bits per heavy atom. The van der Waals surface area contributed by atoms with Crippen LogP contribution < -0.4 is 25.8 Å². The van der Waals surface area contributed by atoms with Crippen LogP contribution in [0.4, 0.5) is 11.8 Å². The number of ether oxygens (including phenoxy) is 2. The van der Waals surface area contributed by atoms with E-state index in [1.165, 1.54) is 25.7 Å². The number of benzene rings is 1. The molecule has 2 fully saturated rings. The molecule has 0 bridgehead atoms. The second-order valence-corrected chi connectivity index (χ2v) is 9.42.